The summed E-state index contributed by atoms with van der Waals surface area (Å²) in [6.45, 7) is 3.52. The molecule has 0 spiro atoms. The number of hydrogen-bond acceptors (Lipinski definition) is 5. The number of aryl methyl sites for hydroxylation is 1. The van der Waals surface area contributed by atoms with E-state index in [-0.39, 0.29) is 5.91 Å². The van der Waals surface area contributed by atoms with Gasteiger partial charge >= 0.3 is 0 Å². The third-order valence-corrected chi connectivity index (χ3v) is 4.08. The molecule has 100 valence electrons. The number of nitrogens with zero attached hydrogens (tertiary/aromatic N) is 3. The van der Waals surface area contributed by atoms with Crippen molar-refractivity contribution in [2.75, 3.05) is 13.1 Å². The Morgan fingerprint density at radius 1 is 1.37 bits per heavy atom. The van der Waals surface area contributed by atoms with Crippen LogP contribution in [-0.2, 0) is 0 Å². The first kappa shape index (κ1) is 12.3. The Labute approximate surface area is 115 Å². The summed E-state index contributed by atoms with van der Waals surface area (Å²) in [6, 6.07) is 1.83. The van der Waals surface area contributed by atoms with Crippen LogP contribution < -0.4 is 0 Å². The van der Waals surface area contributed by atoms with Crippen LogP contribution in [-0.4, -0.2) is 34.0 Å². The van der Waals surface area contributed by atoms with Gasteiger partial charge in [-0.3, -0.25) is 4.79 Å². The van der Waals surface area contributed by atoms with Gasteiger partial charge in [-0.15, -0.1) is 11.3 Å². The van der Waals surface area contributed by atoms with Crippen molar-refractivity contribution in [2.24, 2.45) is 0 Å². The van der Waals surface area contributed by atoms with Gasteiger partial charge in [0.1, 0.15) is 22.2 Å². The fraction of sp³-hybridized carbons (Fsp3) is 0.462. The molecule has 0 saturated carbocycles. The lowest BCUT2D eigenvalue weighted by molar-refractivity contribution is 0.0719. The van der Waals surface area contributed by atoms with Crippen molar-refractivity contribution in [1.82, 2.24) is 15.0 Å². The van der Waals surface area contributed by atoms with E-state index >= 15 is 0 Å². The molecule has 2 aromatic rings. The zero-order valence-corrected chi connectivity index (χ0v) is 11.6. The summed E-state index contributed by atoms with van der Waals surface area (Å²) in [5.41, 5.74) is 1.21. The molecule has 1 aliphatic heterocycles. The minimum Gasteiger partial charge on any atom is -0.361 e. The minimum atomic E-state index is 0.0300. The van der Waals surface area contributed by atoms with Crippen molar-refractivity contribution in [3.63, 3.8) is 0 Å². The average Bonchev–Trinajstić information content (AvgIpc) is 3.07. The number of hydrogen-bond donors (Lipinski definition) is 0. The molecule has 1 amide bonds. The molecule has 1 saturated heterocycles. The smallest absolute Gasteiger partial charge is 0.273 e. The van der Waals surface area contributed by atoms with E-state index in [2.05, 4.69) is 10.1 Å². The zero-order chi connectivity index (χ0) is 13.2. The summed E-state index contributed by atoms with van der Waals surface area (Å²) in [5.74, 6) is 0.775. The first-order valence-corrected chi connectivity index (χ1v) is 7.30. The predicted octanol–water partition coefficient (Wildman–Crippen LogP) is 2.73. The number of amides is 1. The van der Waals surface area contributed by atoms with Crippen LogP contribution in [0.25, 0.3) is 10.7 Å². The molecule has 1 aliphatic rings. The van der Waals surface area contributed by atoms with Crippen LogP contribution in [0, 0.1) is 6.92 Å². The molecule has 3 heterocycles. The van der Waals surface area contributed by atoms with E-state index < -0.39 is 0 Å². The number of piperidine rings is 1. The maximum atomic E-state index is 12.3. The monoisotopic (exact) mass is 277 g/mol. The normalized spacial score (nSPS) is 15.7. The van der Waals surface area contributed by atoms with Crippen molar-refractivity contribution in [3.8, 4) is 10.7 Å². The third kappa shape index (κ3) is 2.53. The van der Waals surface area contributed by atoms with Gasteiger partial charge in [-0.2, -0.15) is 0 Å². The van der Waals surface area contributed by atoms with Gasteiger partial charge in [0.15, 0.2) is 0 Å². The maximum Gasteiger partial charge on any atom is 0.273 e. The summed E-state index contributed by atoms with van der Waals surface area (Å²) in [7, 11) is 0. The van der Waals surface area contributed by atoms with Gasteiger partial charge in [-0.25, -0.2) is 4.98 Å². The van der Waals surface area contributed by atoms with Crippen LogP contribution in [0.5, 0.6) is 0 Å². The van der Waals surface area contributed by atoms with E-state index in [1.165, 1.54) is 17.8 Å². The first-order valence-electron chi connectivity index (χ1n) is 6.42. The van der Waals surface area contributed by atoms with Gasteiger partial charge in [0, 0.05) is 24.5 Å². The number of carbonyl (C=O) groups excluding carboxylic acids is 1. The van der Waals surface area contributed by atoms with Crippen LogP contribution in [0.4, 0.5) is 0 Å². The molecule has 3 rings (SSSR count). The van der Waals surface area contributed by atoms with Crippen molar-refractivity contribution in [3.05, 3.63) is 22.9 Å². The molecule has 0 aromatic carbocycles. The Morgan fingerprint density at radius 2 is 2.16 bits per heavy atom. The Hall–Kier alpha value is -1.69. The second-order valence-corrected chi connectivity index (χ2v) is 5.57. The largest absolute Gasteiger partial charge is 0.361 e. The Balaban J connectivity index is 1.79. The summed E-state index contributed by atoms with van der Waals surface area (Å²) in [5, 5.41) is 6.45. The number of carbonyl (C=O) groups is 1. The van der Waals surface area contributed by atoms with Gasteiger partial charge in [-0.05, 0) is 26.2 Å². The Bertz CT molecular complexity index is 584. The maximum absolute atomic E-state index is 12.3. The number of thiazole rings is 1. The highest BCUT2D eigenvalue weighted by Gasteiger charge is 2.21. The van der Waals surface area contributed by atoms with Crippen LogP contribution in [0.1, 0.15) is 35.5 Å². The van der Waals surface area contributed by atoms with E-state index in [1.807, 2.05) is 17.9 Å². The van der Waals surface area contributed by atoms with Gasteiger partial charge < -0.3 is 9.42 Å². The molecule has 1 fully saturated rings. The van der Waals surface area contributed by atoms with E-state index in [0.717, 1.165) is 36.7 Å². The predicted molar refractivity (Wildman–Crippen MR) is 72.1 cm³/mol. The van der Waals surface area contributed by atoms with Crippen molar-refractivity contribution >= 4 is 17.2 Å². The van der Waals surface area contributed by atoms with E-state index in [4.69, 9.17) is 4.52 Å². The summed E-state index contributed by atoms with van der Waals surface area (Å²) < 4.78 is 5.03. The lowest BCUT2D eigenvalue weighted by Crippen LogP contribution is -2.35. The number of likely N-dealkylation sites (tertiary alicyclic amines) is 1. The molecule has 19 heavy (non-hydrogen) atoms. The molecule has 0 atom stereocenters. The molecule has 5 nitrogen and oxygen atoms in total. The summed E-state index contributed by atoms with van der Waals surface area (Å²) in [4.78, 5) is 18.5. The Morgan fingerprint density at radius 3 is 2.84 bits per heavy atom. The van der Waals surface area contributed by atoms with Gasteiger partial charge in [0.25, 0.3) is 5.91 Å². The Kier molecular flexibility index (Phi) is 3.33. The highest BCUT2D eigenvalue weighted by Crippen LogP contribution is 2.24. The van der Waals surface area contributed by atoms with E-state index in [9.17, 15) is 4.79 Å². The van der Waals surface area contributed by atoms with Gasteiger partial charge in [0.05, 0.1) is 0 Å². The van der Waals surface area contributed by atoms with Crippen molar-refractivity contribution < 1.29 is 9.32 Å². The third-order valence-electron chi connectivity index (χ3n) is 3.21. The van der Waals surface area contributed by atoms with Crippen LogP contribution in [0.15, 0.2) is 16.0 Å². The molecule has 0 radical (unpaired) electrons. The van der Waals surface area contributed by atoms with E-state index in [1.54, 1.807) is 5.38 Å². The molecular weight excluding hydrogens is 262 g/mol. The van der Waals surface area contributed by atoms with Gasteiger partial charge in [-0.1, -0.05) is 5.16 Å². The van der Waals surface area contributed by atoms with Crippen LogP contribution in [0.2, 0.25) is 0 Å². The van der Waals surface area contributed by atoms with Gasteiger partial charge in [0.2, 0.25) is 0 Å². The lowest BCUT2D eigenvalue weighted by atomic mass is 10.1. The minimum absolute atomic E-state index is 0.0300. The number of aromatic nitrogens is 2. The molecule has 0 N–H and O–H groups in total. The number of rotatable bonds is 2. The fourth-order valence-electron chi connectivity index (χ4n) is 2.22. The summed E-state index contributed by atoms with van der Waals surface area (Å²) in [6.07, 6.45) is 3.39. The SMILES string of the molecule is Cc1cc(-c2nc(C(=O)N3CCCCC3)cs2)no1. The first-order chi connectivity index (χ1) is 9.24. The summed E-state index contributed by atoms with van der Waals surface area (Å²) >= 11 is 1.43. The second-order valence-electron chi connectivity index (χ2n) is 4.71. The molecular formula is C13H15N3O2S. The highest BCUT2D eigenvalue weighted by atomic mass is 32.1. The average molecular weight is 277 g/mol. The molecule has 0 unspecified atom stereocenters. The van der Waals surface area contributed by atoms with Crippen molar-refractivity contribution in [2.45, 2.75) is 26.2 Å². The zero-order valence-electron chi connectivity index (χ0n) is 10.8. The highest BCUT2D eigenvalue weighted by molar-refractivity contribution is 7.13. The van der Waals surface area contributed by atoms with Crippen LogP contribution in [0.3, 0.4) is 0 Å². The molecule has 6 heteroatoms. The molecule has 0 bridgehead atoms. The van der Waals surface area contributed by atoms with E-state index in [0.29, 0.717) is 11.4 Å². The lowest BCUT2D eigenvalue weighted by Gasteiger charge is -2.25. The van der Waals surface area contributed by atoms with Crippen LogP contribution >= 0.6 is 11.3 Å². The molecule has 2 aromatic heterocycles. The topological polar surface area (TPSA) is 59.2 Å². The second kappa shape index (κ2) is 5.13. The quantitative estimate of drug-likeness (QED) is 0.847. The standard InChI is InChI=1S/C13H15N3O2S/c1-9-7-10(15-18-9)12-14-11(8-19-12)13(17)16-5-3-2-4-6-16/h7-8H,2-6H2,1H3. The fourth-order valence-corrected chi connectivity index (χ4v) is 2.96. The van der Waals surface area contributed by atoms with Crippen molar-refractivity contribution in [1.29, 1.82) is 0 Å². The molecule has 0 aliphatic carbocycles.